The number of pyridine rings is 1. The Balaban J connectivity index is 1.70. The van der Waals surface area contributed by atoms with E-state index in [1.807, 2.05) is 34.9 Å². The zero-order chi connectivity index (χ0) is 19.3. The zero-order valence-corrected chi connectivity index (χ0v) is 15.8. The van der Waals surface area contributed by atoms with Gasteiger partial charge in [-0.2, -0.15) is 0 Å². The lowest BCUT2D eigenvalue weighted by atomic mass is 10.3. The minimum absolute atomic E-state index is 0.0511. The first-order valence-electron chi connectivity index (χ1n) is 8.79. The fourth-order valence-corrected chi connectivity index (χ4v) is 3.87. The molecule has 1 aliphatic rings. The van der Waals surface area contributed by atoms with Gasteiger partial charge in [0.2, 0.25) is 5.16 Å². The summed E-state index contributed by atoms with van der Waals surface area (Å²) in [5.74, 6) is 0.772. The van der Waals surface area contributed by atoms with Gasteiger partial charge in [0.25, 0.3) is 0 Å². The third kappa shape index (κ3) is 4.03. The standard InChI is InChI=1S/C18H18N6O3S/c25-24(26)15-7-4-8-19-17(15)28-18-21-20-16(13-22-9-11-27-12-10-22)23(18)14-5-2-1-3-6-14/h1-8H,9-13H2. The fourth-order valence-electron chi connectivity index (χ4n) is 2.95. The van der Waals surface area contributed by atoms with Crippen molar-refractivity contribution in [3.63, 3.8) is 0 Å². The van der Waals surface area contributed by atoms with Gasteiger partial charge in [0.15, 0.2) is 10.9 Å². The van der Waals surface area contributed by atoms with Gasteiger partial charge >= 0.3 is 5.69 Å². The van der Waals surface area contributed by atoms with Gasteiger partial charge in [-0.1, -0.05) is 18.2 Å². The number of hydrogen-bond donors (Lipinski definition) is 0. The van der Waals surface area contributed by atoms with Gasteiger partial charge in [0, 0.05) is 31.0 Å². The molecular weight excluding hydrogens is 380 g/mol. The molecule has 0 radical (unpaired) electrons. The van der Waals surface area contributed by atoms with E-state index < -0.39 is 4.92 Å². The molecule has 4 rings (SSSR count). The second-order valence-electron chi connectivity index (χ2n) is 6.15. The first-order chi connectivity index (χ1) is 13.7. The molecule has 3 aromatic rings. The SMILES string of the molecule is O=[N+]([O-])c1cccnc1Sc1nnc(CN2CCOCC2)n1-c1ccccc1. The van der Waals surface area contributed by atoms with Crippen LogP contribution in [0.2, 0.25) is 0 Å². The molecule has 0 aliphatic carbocycles. The van der Waals surface area contributed by atoms with Crippen molar-refractivity contribution in [2.24, 2.45) is 0 Å². The first kappa shape index (κ1) is 18.5. The van der Waals surface area contributed by atoms with E-state index in [1.165, 1.54) is 12.3 Å². The molecule has 1 saturated heterocycles. The predicted octanol–water partition coefficient (Wildman–Crippen LogP) is 2.55. The number of morpholine rings is 1. The molecular formula is C18H18N6O3S. The van der Waals surface area contributed by atoms with Gasteiger partial charge < -0.3 is 4.74 Å². The Bertz CT molecular complexity index is 959. The second kappa shape index (κ2) is 8.46. The quantitative estimate of drug-likeness (QED) is 0.461. The van der Waals surface area contributed by atoms with Crippen LogP contribution in [0.25, 0.3) is 5.69 Å². The molecule has 144 valence electrons. The summed E-state index contributed by atoms with van der Waals surface area (Å²) in [7, 11) is 0. The maximum atomic E-state index is 11.3. The molecule has 1 aromatic carbocycles. The van der Waals surface area contributed by atoms with Crippen molar-refractivity contribution in [3.05, 3.63) is 64.6 Å². The maximum Gasteiger partial charge on any atom is 0.301 e. The summed E-state index contributed by atoms with van der Waals surface area (Å²) in [5, 5.41) is 20.8. The lowest BCUT2D eigenvalue weighted by molar-refractivity contribution is -0.388. The monoisotopic (exact) mass is 398 g/mol. The fraction of sp³-hybridized carbons (Fsp3) is 0.278. The number of nitrogens with zero attached hydrogens (tertiary/aromatic N) is 6. The Morgan fingerprint density at radius 2 is 1.89 bits per heavy atom. The molecule has 0 spiro atoms. The van der Waals surface area contributed by atoms with E-state index in [4.69, 9.17) is 4.74 Å². The summed E-state index contributed by atoms with van der Waals surface area (Å²) in [6.45, 7) is 3.67. The summed E-state index contributed by atoms with van der Waals surface area (Å²) >= 11 is 1.14. The predicted molar refractivity (Wildman–Crippen MR) is 102 cm³/mol. The van der Waals surface area contributed by atoms with Crippen LogP contribution >= 0.6 is 11.8 Å². The summed E-state index contributed by atoms with van der Waals surface area (Å²) in [6, 6.07) is 12.7. The minimum Gasteiger partial charge on any atom is -0.379 e. The highest BCUT2D eigenvalue weighted by atomic mass is 32.2. The summed E-state index contributed by atoms with van der Waals surface area (Å²) in [4.78, 5) is 17.3. The Hall–Kier alpha value is -2.82. The van der Waals surface area contributed by atoms with Gasteiger partial charge in [-0.15, -0.1) is 10.2 Å². The van der Waals surface area contributed by atoms with Crippen LogP contribution in [-0.2, 0) is 11.3 Å². The molecule has 2 aromatic heterocycles. The van der Waals surface area contributed by atoms with Crippen LogP contribution in [-0.4, -0.2) is 55.9 Å². The van der Waals surface area contributed by atoms with Crippen LogP contribution in [0.4, 0.5) is 5.69 Å². The Kier molecular flexibility index (Phi) is 5.60. The number of nitro groups is 1. The van der Waals surface area contributed by atoms with E-state index in [0.29, 0.717) is 24.9 Å². The molecule has 0 saturated carbocycles. The van der Waals surface area contributed by atoms with Crippen LogP contribution in [0.1, 0.15) is 5.82 Å². The van der Waals surface area contributed by atoms with E-state index >= 15 is 0 Å². The van der Waals surface area contributed by atoms with E-state index in [2.05, 4.69) is 20.1 Å². The van der Waals surface area contributed by atoms with Crippen molar-refractivity contribution in [2.45, 2.75) is 16.7 Å². The van der Waals surface area contributed by atoms with Gasteiger partial charge in [0.05, 0.1) is 24.7 Å². The van der Waals surface area contributed by atoms with Crippen LogP contribution in [0.5, 0.6) is 0 Å². The maximum absolute atomic E-state index is 11.3. The van der Waals surface area contributed by atoms with Gasteiger partial charge in [-0.05, 0) is 30.0 Å². The Morgan fingerprint density at radius 3 is 2.64 bits per heavy atom. The highest BCUT2D eigenvalue weighted by Gasteiger charge is 2.22. The molecule has 1 fully saturated rings. The molecule has 0 bridgehead atoms. The van der Waals surface area contributed by atoms with Crippen molar-refractivity contribution in [3.8, 4) is 5.69 Å². The van der Waals surface area contributed by atoms with E-state index in [1.54, 1.807) is 6.07 Å². The molecule has 0 amide bonds. The highest BCUT2D eigenvalue weighted by molar-refractivity contribution is 7.99. The van der Waals surface area contributed by atoms with Crippen molar-refractivity contribution >= 4 is 17.4 Å². The van der Waals surface area contributed by atoms with Crippen LogP contribution < -0.4 is 0 Å². The molecule has 9 nitrogen and oxygen atoms in total. The number of rotatable bonds is 6. The van der Waals surface area contributed by atoms with Crippen LogP contribution in [0.15, 0.2) is 58.8 Å². The topological polar surface area (TPSA) is 99.2 Å². The number of aromatic nitrogens is 4. The summed E-state index contributed by atoms with van der Waals surface area (Å²) in [6.07, 6.45) is 1.53. The average Bonchev–Trinajstić information content (AvgIpc) is 3.11. The third-order valence-corrected chi connectivity index (χ3v) is 5.27. The molecule has 1 aliphatic heterocycles. The zero-order valence-electron chi connectivity index (χ0n) is 15.0. The van der Waals surface area contributed by atoms with Crippen molar-refractivity contribution in [1.29, 1.82) is 0 Å². The lowest BCUT2D eigenvalue weighted by Gasteiger charge is -2.26. The molecule has 0 unspecified atom stereocenters. The van der Waals surface area contributed by atoms with E-state index in [0.717, 1.165) is 36.4 Å². The van der Waals surface area contributed by atoms with Gasteiger partial charge in [-0.3, -0.25) is 19.6 Å². The van der Waals surface area contributed by atoms with Crippen molar-refractivity contribution in [2.75, 3.05) is 26.3 Å². The molecule has 0 N–H and O–H groups in total. The van der Waals surface area contributed by atoms with Crippen molar-refractivity contribution < 1.29 is 9.66 Å². The number of ether oxygens (including phenoxy) is 1. The second-order valence-corrected chi connectivity index (χ2v) is 7.10. The molecule has 28 heavy (non-hydrogen) atoms. The minimum atomic E-state index is -0.437. The van der Waals surface area contributed by atoms with Gasteiger partial charge in [0.1, 0.15) is 0 Å². The average molecular weight is 398 g/mol. The summed E-state index contributed by atoms with van der Waals surface area (Å²) in [5.41, 5.74) is 0.849. The van der Waals surface area contributed by atoms with Gasteiger partial charge in [-0.25, -0.2) is 4.98 Å². The van der Waals surface area contributed by atoms with E-state index in [-0.39, 0.29) is 10.7 Å². The Labute approximate surface area is 165 Å². The molecule has 3 heterocycles. The third-order valence-electron chi connectivity index (χ3n) is 4.32. The summed E-state index contributed by atoms with van der Waals surface area (Å²) < 4.78 is 7.34. The Morgan fingerprint density at radius 1 is 1.11 bits per heavy atom. The van der Waals surface area contributed by atoms with E-state index in [9.17, 15) is 10.1 Å². The van der Waals surface area contributed by atoms with Crippen molar-refractivity contribution in [1.82, 2.24) is 24.6 Å². The molecule has 0 atom stereocenters. The number of hydrogen-bond acceptors (Lipinski definition) is 8. The largest absolute Gasteiger partial charge is 0.379 e. The lowest BCUT2D eigenvalue weighted by Crippen LogP contribution is -2.36. The number of para-hydroxylation sites is 1. The smallest absolute Gasteiger partial charge is 0.301 e. The normalized spacial score (nSPS) is 14.9. The van der Waals surface area contributed by atoms with Crippen LogP contribution in [0.3, 0.4) is 0 Å². The highest BCUT2D eigenvalue weighted by Crippen LogP contribution is 2.33. The number of benzene rings is 1. The molecule has 10 heteroatoms. The van der Waals surface area contributed by atoms with Crippen LogP contribution in [0, 0.1) is 10.1 Å². The first-order valence-corrected chi connectivity index (χ1v) is 9.61.